The highest BCUT2D eigenvalue weighted by molar-refractivity contribution is 14.1. The van der Waals surface area contributed by atoms with Crippen LogP contribution in [0.25, 0.3) is 0 Å². The van der Waals surface area contributed by atoms with Gasteiger partial charge in [0.2, 0.25) is 11.8 Å². The second-order valence-electron chi connectivity index (χ2n) is 4.19. The summed E-state index contributed by atoms with van der Waals surface area (Å²) in [6, 6.07) is 4.37. The standard InChI is InChI=1S/C12H10I2N2O4/c13-6-2-1-3-7(10(6)14)16(12(19)20)8-4-5-9(17)15-11(8)18/h1-3,8H,4-5H2,(H,19,20)(H,15,17,18). The molecule has 20 heavy (non-hydrogen) atoms. The van der Waals surface area contributed by atoms with E-state index in [1.165, 1.54) is 0 Å². The van der Waals surface area contributed by atoms with Gasteiger partial charge in [-0.1, -0.05) is 6.07 Å². The molecular weight excluding hydrogens is 490 g/mol. The van der Waals surface area contributed by atoms with Crippen LogP contribution in [-0.2, 0) is 9.59 Å². The van der Waals surface area contributed by atoms with Crippen LogP contribution in [0.4, 0.5) is 10.5 Å². The predicted octanol–water partition coefficient (Wildman–Crippen LogP) is 2.19. The third-order valence-electron chi connectivity index (χ3n) is 2.92. The van der Waals surface area contributed by atoms with Gasteiger partial charge in [0.05, 0.1) is 9.26 Å². The van der Waals surface area contributed by atoms with Crippen molar-refractivity contribution < 1.29 is 19.5 Å². The fourth-order valence-electron chi connectivity index (χ4n) is 2.01. The second kappa shape index (κ2) is 6.24. The molecule has 1 aromatic carbocycles. The van der Waals surface area contributed by atoms with Gasteiger partial charge in [0.1, 0.15) is 6.04 Å². The molecule has 0 radical (unpaired) electrons. The predicted molar refractivity (Wildman–Crippen MR) is 88.6 cm³/mol. The van der Waals surface area contributed by atoms with Crippen LogP contribution in [0.1, 0.15) is 12.8 Å². The van der Waals surface area contributed by atoms with Crippen LogP contribution in [0, 0.1) is 7.14 Å². The smallest absolute Gasteiger partial charge is 0.412 e. The first-order valence-corrected chi connectivity index (χ1v) is 7.87. The van der Waals surface area contributed by atoms with Gasteiger partial charge in [-0.2, -0.15) is 0 Å². The van der Waals surface area contributed by atoms with Crippen LogP contribution >= 0.6 is 45.2 Å². The van der Waals surface area contributed by atoms with Crippen LogP contribution in [-0.4, -0.2) is 29.1 Å². The van der Waals surface area contributed by atoms with E-state index in [9.17, 15) is 19.5 Å². The zero-order valence-corrected chi connectivity index (χ0v) is 14.4. The van der Waals surface area contributed by atoms with Gasteiger partial charge in [0.25, 0.3) is 0 Å². The number of amides is 3. The molecule has 1 aromatic rings. The van der Waals surface area contributed by atoms with Crippen LogP contribution < -0.4 is 10.2 Å². The normalized spacial score (nSPS) is 18.6. The third-order valence-corrected chi connectivity index (χ3v) is 5.98. The lowest BCUT2D eigenvalue weighted by atomic mass is 10.0. The Morgan fingerprint density at radius 2 is 2.05 bits per heavy atom. The number of anilines is 1. The van der Waals surface area contributed by atoms with Crippen LogP contribution in [0.3, 0.4) is 0 Å². The van der Waals surface area contributed by atoms with Crippen molar-refractivity contribution in [3.63, 3.8) is 0 Å². The molecule has 1 heterocycles. The average molecular weight is 500 g/mol. The van der Waals surface area contributed by atoms with Gasteiger partial charge in [-0.3, -0.25) is 19.8 Å². The average Bonchev–Trinajstić information content (AvgIpc) is 2.37. The molecule has 1 aliphatic rings. The van der Waals surface area contributed by atoms with Gasteiger partial charge in [-0.05, 0) is 63.7 Å². The van der Waals surface area contributed by atoms with E-state index in [1.807, 2.05) is 28.7 Å². The summed E-state index contributed by atoms with van der Waals surface area (Å²) in [6.07, 6.45) is -0.876. The van der Waals surface area contributed by atoms with Gasteiger partial charge in [0.15, 0.2) is 0 Å². The van der Waals surface area contributed by atoms with Crippen molar-refractivity contribution in [2.45, 2.75) is 18.9 Å². The maximum atomic E-state index is 11.9. The molecule has 0 spiro atoms. The summed E-state index contributed by atoms with van der Waals surface area (Å²) < 4.78 is 1.66. The van der Waals surface area contributed by atoms with E-state index in [4.69, 9.17) is 0 Å². The molecule has 2 N–H and O–H groups in total. The minimum Gasteiger partial charge on any atom is -0.465 e. The molecule has 0 aliphatic carbocycles. The molecule has 106 valence electrons. The largest absolute Gasteiger partial charge is 0.465 e. The Bertz CT molecular complexity index is 591. The molecule has 2 rings (SSSR count). The zero-order valence-electron chi connectivity index (χ0n) is 10.1. The van der Waals surface area contributed by atoms with Crippen molar-refractivity contribution in [1.29, 1.82) is 0 Å². The van der Waals surface area contributed by atoms with Gasteiger partial charge in [-0.15, -0.1) is 0 Å². The summed E-state index contributed by atoms with van der Waals surface area (Å²) in [5.41, 5.74) is 0.458. The molecular formula is C12H10I2N2O4. The van der Waals surface area contributed by atoms with Crippen LogP contribution in [0.2, 0.25) is 0 Å². The Morgan fingerprint density at radius 1 is 1.35 bits per heavy atom. The summed E-state index contributed by atoms with van der Waals surface area (Å²) in [4.78, 5) is 35.6. The molecule has 8 heteroatoms. The number of imide groups is 1. The number of piperidine rings is 1. The first-order chi connectivity index (χ1) is 9.41. The van der Waals surface area contributed by atoms with Crippen LogP contribution in [0.15, 0.2) is 18.2 Å². The number of carbonyl (C=O) groups is 3. The zero-order chi connectivity index (χ0) is 14.9. The van der Waals surface area contributed by atoms with Crippen molar-refractivity contribution >= 4 is 68.8 Å². The molecule has 0 bridgehead atoms. The highest BCUT2D eigenvalue weighted by atomic mass is 127. The Kier molecular flexibility index (Phi) is 4.83. The van der Waals surface area contributed by atoms with E-state index in [0.29, 0.717) is 5.69 Å². The number of hydrogen-bond acceptors (Lipinski definition) is 3. The number of benzene rings is 1. The SMILES string of the molecule is O=C1CCC(N(C(=O)O)c2cccc(I)c2I)C(=O)N1. The molecule has 1 unspecified atom stereocenters. The number of rotatable bonds is 2. The first-order valence-electron chi connectivity index (χ1n) is 5.71. The Hall–Kier alpha value is -0.910. The molecule has 1 fully saturated rings. The molecule has 1 saturated heterocycles. The van der Waals surface area contributed by atoms with Gasteiger partial charge >= 0.3 is 6.09 Å². The summed E-state index contributed by atoms with van der Waals surface area (Å²) in [6.45, 7) is 0. The third kappa shape index (κ3) is 3.05. The van der Waals surface area contributed by atoms with Crippen molar-refractivity contribution in [1.82, 2.24) is 5.32 Å². The van der Waals surface area contributed by atoms with Crippen molar-refractivity contribution in [3.05, 3.63) is 25.3 Å². The maximum absolute atomic E-state index is 11.9. The van der Waals surface area contributed by atoms with E-state index in [0.717, 1.165) is 12.0 Å². The fraction of sp³-hybridized carbons (Fsp3) is 0.250. The van der Waals surface area contributed by atoms with Crippen molar-refractivity contribution in [3.8, 4) is 0 Å². The van der Waals surface area contributed by atoms with Crippen molar-refractivity contribution in [2.75, 3.05) is 4.90 Å². The molecule has 6 nitrogen and oxygen atoms in total. The number of halogens is 2. The number of nitrogens with one attached hydrogen (secondary N) is 1. The van der Waals surface area contributed by atoms with E-state index >= 15 is 0 Å². The summed E-state index contributed by atoms with van der Waals surface area (Å²) in [5.74, 6) is -0.938. The second-order valence-corrected chi connectivity index (χ2v) is 6.43. The number of carbonyl (C=O) groups excluding carboxylic acids is 2. The lowest BCUT2D eigenvalue weighted by molar-refractivity contribution is -0.134. The maximum Gasteiger partial charge on any atom is 0.412 e. The quantitative estimate of drug-likeness (QED) is 0.482. The molecule has 1 aliphatic heterocycles. The van der Waals surface area contributed by atoms with Gasteiger partial charge < -0.3 is 5.11 Å². The summed E-state index contributed by atoms with van der Waals surface area (Å²) in [5, 5.41) is 11.6. The lowest BCUT2D eigenvalue weighted by Crippen LogP contribution is -2.54. The monoisotopic (exact) mass is 500 g/mol. The highest BCUT2D eigenvalue weighted by Gasteiger charge is 2.36. The van der Waals surface area contributed by atoms with Gasteiger partial charge in [-0.25, -0.2) is 4.79 Å². The Balaban J connectivity index is 2.42. The number of carboxylic acid groups (broad SMARTS) is 1. The van der Waals surface area contributed by atoms with Gasteiger partial charge in [0, 0.05) is 9.99 Å². The Labute approximate surface area is 142 Å². The number of hydrogen-bond donors (Lipinski definition) is 2. The molecule has 1 atom stereocenters. The fourth-order valence-corrected chi connectivity index (χ4v) is 3.11. The molecule has 0 saturated carbocycles. The summed E-state index contributed by atoms with van der Waals surface area (Å²) in [7, 11) is 0. The highest BCUT2D eigenvalue weighted by Crippen LogP contribution is 2.30. The van der Waals surface area contributed by atoms with E-state index in [-0.39, 0.29) is 18.7 Å². The molecule has 3 amide bonds. The van der Waals surface area contributed by atoms with E-state index in [2.05, 4.69) is 27.9 Å². The number of nitrogens with zero attached hydrogens (tertiary/aromatic N) is 1. The van der Waals surface area contributed by atoms with Crippen LogP contribution in [0.5, 0.6) is 0 Å². The molecule has 0 aromatic heterocycles. The summed E-state index contributed by atoms with van der Waals surface area (Å²) >= 11 is 4.15. The topological polar surface area (TPSA) is 86.7 Å². The Morgan fingerprint density at radius 3 is 2.65 bits per heavy atom. The van der Waals surface area contributed by atoms with E-state index in [1.54, 1.807) is 12.1 Å². The lowest BCUT2D eigenvalue weighted by Gasteiger charge is -2.31. The minimum absolute atomic E-state index is 0.140. The minimum atomic E-state index is -1.21. The van der Waals surface area contributed by atoms with E-state index < -0.39 is 18.0 Å². The first kappa shape index (κ1) is 15.5. The van der Waals surface area contributed by atoms with Crippen molar-refractivity contribution in [2.24, 2.45) is 0 Å².